The lowest BCUT2D eigenvalue weighted by atomic mass is 10.1. The van der Waals surface area contributed by atoms with Crippen molar-refractivity contribution in [2.24, 2.45) is 0 Å². The summed E-state index contributed by atoms with van der Waals surface area (Å²) in [6.45, 7) is 3.92. The maximum absolute atomic E-state index is 12.3. The first-order valence-electron chi connectivity index (χ1n) is 8.57. The Bertz CT molecular complexity index is 1020. The van der Waals surface area contributed by atoms with E-state index in [0.29, 0.717) is 23.6 Å². The van der Waals surface area contributed by atoms with Gasteiger partial charge in [-0.3, -0.25) is 9.78 Å². The first-order chi connectivity index (χ1) is 13.0. The number of nitrogens with one attached hydrogen (secondary N) is 1. The van der Waals surface area contributed by atoms with E-state index in [1.54, 1.807) is 37.5 Å². The molecule has 7 heteroatoms. The molecule has 0 aliphatic heterocycles. The first-order valence-corrected chi connectivity index (χ1v) is 8.95. The Morgan fingerprint density at radius 3 is 2.89 bits per heavy atom. The number of aromatic nitrogens is 1. The number of benzene rings is 1. The summed E-state index contributed by atoms with van der Waals surface area (Å²) in [5.41, 5.74) is 1.67. The minimum atomic E-state index is -0.780. The van der Waals surface area contributed by atoms with Gasteiger partial charge in [-0.2, -0.15) is 0 Å². The standard InChI is InChI=1S/C20H19ClN2O4/c1-3-14-7-19(24)27-17-9-18(16(21)8-15(14)17)26-12(2)20(25)23-11-13-5-4-6-22-10-13/h4-10,12H,3,11H2,1-2H3,(H,23,25)/t12-/m1/s1. The van der Waals surface area contributed by atoms with Crippen LogP contribution < -0.4 is 15.7 Å². The smallest absolute Gasteiger partial charge is 0.336 e. The van der Waals surface area contributed by atoms with Crippen molar-refractivity contribution < 1.29 is 13.9 Å². The Morgan fingerprint density at radius 2 is 2.19 bits per heavy atom. The van der Waals surface area contributed by atoms with E-state index in [1.165, 1.54) is 6.07 Å². The van der Waals surface area contributed by atoms with Gasteiger partial charge in [-0.15, -0.1) is 0 Å². The molecule has 1 aromatic carbocycles. The number of carbonyl (C=O) groups is 1. The van der Waals surface area contributed by atoms with Gasteiger partial charge >= 0.3 is 5.63 Å². The van der Waals surface area contributed by atoms with Crippen molar-refractivity contribution in [2.75, 3.05) is 0 Å². The zero-order valence-electron chi connectivity index (χ0n) is 15.0. The van der Waals surface area contributed by atoms with E-state index >= 15 is 0 Å². The van der Waals surface area contributed by atoms with E-state index in [9.17, 15) is 9.59 Å². The fourth-order valence-corrected chi connectivity index (χ4v) is 2.90. The summed E-state index contributed by atoms with van der Waals surface area (Å²) in [4.78, 5) is 28.0. The topological polar surface area (TPSA) is 81.4 Å². The average molecular weight is 387 g/mol. The van der Waals surface area contributed by atoms with Gasteiger partial charge in [0.2, 0.25) is 0 Å². The van der Waals surface area contributed by atoms with Gasteiger partial charge < -0.3 is 14.5 Å². The molecule has 3 aromatic rings. The number of rotatable bonds is 6. The summed E-state index contributed by atoms with van der Waals surface area (Å²) >= 11 is 6.31. The van der Waals surface area contributed by atoms with Crippen molar-refractivity contribution in [1.82, 2.24) is 10.3 Å². The molecule has 6 nitrogen and oxygen atoms in total. The van der Waals surface area contributed by atoms with Crippen LogP contribution in [0.1, 0.15) is 25.0 Å². The number of nitrogens with zero attached hydrogens (tertiary/aromatic N) is 1. The Balaban J connectivity index is 1.76. The molecular formula is C20H19ClN2O4. The van der Waals surface area contributed by atoms with Gasteiger partial charge in [0.05, 0.1) is 5.02 Å². The molecule has 1 atom stereocenters. The number of amides is 1. The Hall–Kier alpha value is -2.86. The highest BCUT2D eigenvalue weighted by Gasteiger charge is 2.17. The lowest BCUT2D eigenvalue weighted by molar-refractivity contribution is -0.127. The Labute approximate surface area is 161 Å². The minimum absolute atomic E-state index is 0.282. The van der Waals surface area contributed by atoms with Crippen molar-refractivity contribution in [3.8, 4) is 5.75 Å². The van der Waals surface area contributed by atoms with Crippen molar-refractivity contribution in [3.63, 3.8) is 0 Å². The van der Waals surface area contributed by atoms with Crippen LogP contribution in [0.4, 0.5) is 0 Å². The third kappa shape index (κ3) is 4.46. The second kappa shape index (κ2) is 8.22. The second-order valence-corrected chi connectivity index (χ2v) is 6.47. The van der Waals surface area contributed by atoms with Gasteiger partial charge in [-0.1, -0.05) is 24.6 Å². The number of halogens is 1. The van der Waals surface area contributed by atoms with Crippen LogP contribution in [0.3, 0.4) is 0 Å². The van der Waals surface area contributed by atoms with Gasteiger partial charge in [0.25, 0.3) is 5.91 Å². The van der Waals surface area contributed by atoms with E-state index in [0.717, 1.165) is 16.5 Å². The average Bonchev–Trinajstić information content (AvgIpc) is 2.67. The van der Waals surface area contributed by atoms with Crippen LogP contribution in [0.2, 0.25) is 5.02 Å². The highest BCUT2D eigenvalue weighted by atomic mass is 35.5. The van der Waals surface area contributed by atoms with E-state index in [2.05, 4.69) is 10.3 Å². The molecule has 0 unspecified atom stereocenters. The summed E-state index contributed by atoms with van der Waals surface area (Å²) in [7, 11) is 0. The molecule has 27 heavy (non-hydrogen) atoms. The highest BCUT2D eigenvalue weighted by Crippen LogP contribution is 2.32. The molecule has 2 aromatic heterocycles. The molecule has 0 aliphatic carbocycles. The van der Waals surface area contributed by atoms with Crippen molar-refractivity contribution in [3.05, 3.63) is 69.3 Å². The normalized spacial score (nSPS) is 12.0. The Morgan fingerprint density at radius 1 is 1.37 bits per heavy atom. The minimum Gasteiger partial charge on any atom is -0.479 e. The van der Waals surface area contributed by atoms with Crippen LogP contribution >= 0.6 is 11.6 Å². The van der Waals surface area contributed by atoms with E-state index in [4.69, 9.17) is 20.8 Å². The maximum atomic E-state index is 12.3. The fraction of sp³-hybridized carbons (Fsp3) is 0.250. The largest absolute Gasteiger partial charge is 0.479 e. The maximum Gasteiger partial charge on any atom is 0.336 e. The summed E-state index contributed by atoms with van der Waals surface area (Å²) in [5, 5.41) is 3.88. The van der Waals surface area contributed by atoms with Crippen molar-refractivity contribution in [2.45, 2.75) is 32.9 Å². The van der Waals surface area contributed by atoms with Crippen molar-refractivity contribution >= 4 is 28.5 Å². The number of aryl methyl sites for hydroxylation is 1. The van der Waals surface area contributed by atoms with Crippen LogP contribution in [-0.2, 0) is 17.8 Å². The molecule has 0 fully saturated rings. The molecule has 0 aliphatic rings. The number of hydrogen-bond donors (Lipinski definition) is 1. The summed E-state index contributed by atoms with van der Waals surface area (Å²) in [6.07, 6.45) is 3.24. The number of carbonyl (C=O) groups excluding carboxylic acids is 1. The van der Waals surface area contributed by atoms with Gasteiger partial charge in [0.15, 0.2) is 6.10 Å². The SMILES string of the molecule is CCc1cc(=O)oc2cc(O[C@H](C)C(=O)NCc3cccnc3)c(Cl)cc12. The molecule has 1 N–H and O–H groups in total. The Kier molecular flexibility index (Phi) is 5.76. The molecule has 0 saturated heterocycles. The molecule has 1 amide bonds. The van der Waals surface area contributed by atoms with E-state index < -0.39 is 11.7 Å². The molecule has 2 heterocycles. The van der Waals surface area contributed by atoms with Gasteiger partial charge in [-0.25, -0.2) is 4.79 Å². The molecule has 0 saturated carbocycles. The highest BCUT2D eigenvalue weighted by molar-refractivity contribution is 6.32. The number of hydrogen-bond acceptors (Lipinski definition) is 5. The second-order valence-electron chi connectivity index (χ2n) is 6.06. The predicted octanol–water partition coefficient (Wildman–Crippen LogP) is 3.49. The molecular weight excluding hydrogens is 368 g/mol. The van der Waals surface area contributed by atoms with Gasteiger partial charge in [-0.05, 0) is 36.6 Å². The summed E-state index contributed by atoms with van der Waals surface area (Å²) in [6, 6.07) is 8.35. The summed E-state index contributed by atoms with van der Waals surface area (Å²) in [5.74, 6) is -0.0108. The molecule has 0 spiro atoms. The van der Waals surface area contributed by atoms with Crippen LogP contribution in [-0.4, -0.2) is 17.0 Å². The van der Waals surface area contributed by atoms with Crippen LogP contribution in [0.15, 0.2) is 51.9 Å². The molecule has 140 valence electrons. The number of ether oxygens (including phenoxy) is 1. The predicted molar refractivity (Wildman–Crippen MR) is 103 cm³/mol. The van der Waals surface area contributed by atoms with Crippen LogP contribution in [0, 0.1) is 0 Å². The van der Waals surface area contributed by atoms with E-state index in [-0.39, 0.29) is 11.7 Å². The monoisotopic (exact) mass is 386 g/mol. The van der Waals surface area contributed by atoms with Crippen LogP contribution in [0.25, 0.3) is 11.0 Å². The van der Waals surface area contributed by atoms with Crippen LogP contribution in [0.5, 0.6) is 5.75 Å². The van der Waals surface area contributed by atoms with Crippen molar-refractivity contribution in [1.29, 1.82) is 0 Å². The lowest BCUT2D eigenvalue weighted by Gasteiger charge is -2.16. The molecule has 3 rings (SSSR count). The fourth-order valence-electron chi connectivity index (χ4n) is 2.69. The molecule has 0 bridgehead atoms. The quantitative estimate of drug-likeness (QED) is 0.656. The number of pyridine rings is 1. The lowest BCUT2D eigenvalue weighted by Crippen LogP contribution is -2.36. The zero-order chi connectivity index (χ0) is 19.4. The van der Waals surface area contributed by atoms with Gasteiger partial charge in [0.1, 0.15) is 11.3 Å². The summed E-state index contributed by atoms with van der Waals surface area (Å²) < 4.78 is 10.9. The third-order valence-corrected chi connectivity index (χ3v) is 4.42. The first kappa shape index (κ1) is 18.9. The van der Waals surface area contributed by atoms with Gasteiger partial charge in [0, 0.05) is 36.5 Å². The van der Waals surface area contributed by atoms with E-state index in [1.807, 2.05) is 13.0 Å². The third-order valence-electron chi connectivity index (χ3n) is 4.13. The number of fused-ring (bicyclic) bond motifs is 1. The molecule has 0 radical (unpaired) electrons. The zero-order valence-corrected chi connectivity index (χ0v) is 15.7.